The summed E-state index contributed by atoms with van der Waals surface area (Å²) in [5.74, 6) is 0. The molecule has 25 heavy (non-hydrogen) atoms. The predicted molar refractivity (Wildman–Crippen MR) is 89.6 cm³/mol. The Kier molecular flexibility index (Phi) is 3.50. The zero-order chi connectivity index (χ0) is 17.6. The van der Waals surface area contributed by atoms with Gasteiger partial charge in [0.2, 0.25) is 0 Å². The number of aromatic nitrogens is 3. The van der Waals surface area contributed by atoms with Gasteiger partial charge in [0.25, 0.3) is 5.56 Å². The van der Waals surface area contributed by atoms with Gasteiger partial charge in [0, 0.05) is 16.5 Å². The molecule has 1 aromatic carbocycles. The largest absolute Gasteiger partial charge is 0.433 e. The van der Waals surface area contributed by atoms with Crippen molar-refractivity contribution >= 4 is 17.0 Å². The van der Waals surface area contributed by atoms with Crippen molar-refractivity contribution in [2.45, 2.75) is 6.18 Å². The van der Waals surface area contributed by atoms with E-state index >= 15 is 0 Å². The second kappa shape index (κ2) is 5.59. The van der Waals surface area contributed by atoms with Gasteiger partial charge in [-0.3, -0.25) is 9.89 Å². The molecule has 0 aliphatic heterocycles. The third-order valence-electron chi connectivity index (χ3n) is 3.74. The Morgan fingerprint density at radius 1 is 1.08 bits per heavy atom. The molecule has 0 atom stereocenters. The van der Waals surface area contributed by atoms with Crippen molar-refractivity contribution in [1.29, 1.82) is 0 Å². The smallest absolute Gasteiger partial charge is 0.284 e. The van der Waals surface area contributed by atoms with E-state index in [1.807, 2.05) is 6.07 Å². The highest BCUT2D eigenvalue weighted by Gasteiger charge is 2.38. The second-order valence-corrected chi connectivity index (χ2v) is 6.29. The van der Waals surface area contributed by atoms with E-state index in [0.717, 1.165) is 15.9 Å². The molecular weight excluding hydrogens is 351 g/mol. The molecule has 3 heterocycles. The molecule has 0 aliphatic rings. The first-order chi connectivity index (χ1) is 11.9. The lowest BCUT2D eigenvalue weighted by molar-refractivity contribution is -0.140. The van der Waals surface area contributed by atoms with Crippen LogP contribution in [0.1, 0.15) is 5.69 Å². The van der Waals surface area contributed by atoms with Crippen LogP contribution < -0.4 is 5.56 Å². The number of benzene rings is 1. The summed E-state index contributed by atoms with van der Waals surface area (Å²) in [6, 6.07) is 13.3. The first-order valence-electron chi connectivity index (χ1n) is 7.27. The van der Waals surface area contributed by atoms with E-state index in [4.69, 9.17) is 0 Å². The average molecular weight is 361 g/mol. The van der Waals surface area contributed by atoms with Gasteiger partial charge in [0.1, 0.15) is 5.69 Å². The second-order valence-electron chi connectivity index (χ2n) is 5.34. The lowest BCUT2D eigenvalue weighted by Crippen LogP contribution is -2.15. The average Bonchev–Trinajstić information content (AvgIpc) is 3.22. The maximum atomic E-state index is 13.5. The van der Waals surface area contributed by atoms with E-state index in [1.165, 1.54) is 6.07 Å². The molecule has 1 N–H and O–H groups in total. The number of rotatable bonds is 2. The minimum Gasteiger partial charge on any atom is -0.284 e. The molecule has 4 nitrogen and oxygen atoms in total. The van der Waals surface area contributed by atoms with Gasteiger partial charge in [0.05, 0.1) is 11.3 Å². The maximum Gasteiger partial charge on any atom is 0.433 e. The van der Waals surface area contributed by atoms with Crippen LogP contribution in [0.15, 0.2) is 58.7 Å². The van der Waals surface area contributed by atoms with E-state index < -0.39 is 17.4 Å². The number of fused-ring (bicyclic) bond motifs is 1. The monoisotopic (exact) mass is 361 g/mol. The summed E-state index contributed by atoms with van der Waals surface area (Å²) in [5.41, 5.74) is -0.745. The summed E-state index contributed by atoms with van der Waals surface area (Å²) >= 11 is 1.16. The number of hydrogen-bond donors (Lipinski definition) is 1. The quantitative estimate of drug-likeness (QED) is 0.574. The van der Waals surface area contributed by atoms with Crippen LogP contribution in [0, 0.1) is 0 Å². The Bertz CT molecular complexity index is 1100. The van der Waals surface area contributed by atoms with Crippen LogP contribution in [0.25, 0.3) is 27.3 Å². The minimum atomic E-state index is -4.63. The van der Waals surface area contributed by atoms with Crippen molar-refractivity contribution in [2.75, 3.05) is 0 Å². The van der Waals surface area contributed by atoms with Gasteiger partial charge in [-0.2, -0.15) is 13.2 Å². The third kappa shape index (κ3) is 2.64. The van der Waals surface area contributed by atoms with Crippen molar-refractivity contribution < 1.29 is 13.2 Å². The van der Waals surface area contributed by atoms with Crippen LogP contribution in [0.5, 0.6) is 0 Å². The molecule has 0 saturated heterocycles. The summed E-state index contributed by atoms with van der Waals surface area (Å²) in [7, 11) is 0. The highest BCUT2D eigenvalue weighted by molar-refractivity contribution is 7.13. The van der Waals surface area contributed by atoms with E-state index in [-0.39, 0.29) is 11.2 Å². The summed E-state index contributed by atoms with van der Waals surface area (Å²) in [5, 5.41) is 3.84. The Balaban J connectivity index is 2.08. The summed E-state index contributed by atoms with van der Waals surface area (Å²) in [6.45, 7) is 0. The molecule has 0 amide bonds. The van der Waals surface area contributed by atoms with E-state index in [0.29, 0.717) is 16.1 Å². The SMILES string of the molecule is O=c1cc(-c2ccccc2)nc2c(-c3cccs3)c(C(F)(F)F)[nH]n12. The molecule has 4 rings (SSSR count). The summed E-state index contributed by atoms with van der Waals surface area (Å²) < 4.78 is 41.2. The van der Waals surface area contributed by atoms with Crippen LogP contribution in [0.2, 0.25) is 0 Å². The Labute approximate surface area is 143 Å². The molecule has 0 fully saturated rings. The third-order valence-corrected chi connectivity index (χ3v) is 4.62. The normalized spacial score (nSPS) is 12.0. The highest BCUT2D eigenvalue weighted by Crippen LogP contribution is 2.39. The maximum absolute atomic E-state index is 13.5. The van der Waals surface area contributed by atoms with Crippen LogP contribution in [-0.2, 0) is 6.18 Å². The number of H-pyrrole nitrogens is 1. The van der Waals surface area contributed by atoms with Crippen molar-refractivity contribution in [3.63, 3.8) is 0 Å². The molecule has 0 saturated carbocycles. The zero-order valence-electron chi connectivity index (χ0n) is 12.5. The summed E-state index contributed by atoms with van der Waals surface area (Å²) in [6.07, 6.45) is -4.63. The minimum absolute atomic E-state index is 0.0406. The Morgan fingerprint density at radius 2 is 1.84 bits per heavy atom. The topological polar surface area (TPSA) is 50.2 Å². The molecule has 0 aliphatic carbocycles. The predicted octanol–water partition coefficient (Wildman–Crippen LogP) is 4.44. The number of halogens is 3. The first-order valence-corrected chi connectivity index (χ1v) is 8.15. The van der Waals surface area contributed by atoms with Gasteiger partial charge < -0.3 is 0 Å². The number of nitrogens with one attached hydrogen (secondary N) is 1. The molecule has 0 unspecified atom stereocenters. The van der Waals surface area contributed by atoms with E-state index in [2.05, 4.69) is 10.1 Å². The van der Waals surface area contributed by atoms with Crippen molar-refractivity contribution in [2.24, 2.45) is 0 Å². The van der Waals surface area contributed by atoms with Crippen molar-refractivity contribution in [3.05, 3.63) is 70.0 Å². The molecule has 4 aromatic rings. The fraction of sp³-hybridized carbons (Fsp3) is 0.0588. The Morgan fingerprint density at radius 3 is 2.48 bits per heavy atom. The number of thiophene rings is 1. The fourth-order valence-corrected chi connectivity index (χ4v) is 3.43. The highest BCUT2D eigenvalue weighted by atomic mass is 32.1. The molecule has 0 bridgehead atoms. The van der Waals surface area contributed by atoms with Crippen LogP contribution in [0.4, 0.5) is 13.2 Å². The van der Waals surface area contributed by atoms with Crippen LogP contribution >= 0.6 is 11.3 Å². The van der Waals surface area contributed by atoms with Gasteiger partial charge >= 0.3 is 6.18 Å². The molecule has 0 radical (unpaired) electrons. The molecule has 3 aromatic heterocycles. The van der Waals surface area contributed by atoms with Gasteiger partial charge in [-0.15, -0.1) is 11.3 Å². The number of nitrogens with zero attached hydrogens (tertiary/aromatic N) is 2. The van der Waals surface area contributed by atoms with E-state index in [1.54, 1.807) is 41.8 Å². The standard InChI is InChI=1S/C17H10F3N3OS/c18-17(19,20)15-14(12-7-4-8-25-12)16-21-11(9-13(24)23(16)22-15)10-5-2-1-3-6-10/h1-9,22H. The van der Waals surface area contributed by atoms with E-state index in [9.17, 15) is 18.0 Å². The van der Waals surface area contributed by atoms with Gasteiger partial charge in [-0.25, -0.2) is 9.50 Å². The fourth-order valence-electron chi connectivity index (χ4n) is 2.65. The number of alkyl halides is 3. The number of aromatic amines is 1. The molecule has 8 heteroatoms. The van der Waals surface area contributed by atoms with Crippen LogP contribution in [-0.4, -0.2) is 14.6 Å². The lowest BCUT2D eigenvalue weighted by Gasteiger charge is -2.05. The van der Waals surface area contributed by atoms with Gasteiger partial charge in [-0.05, 0) is 11.4 Å². The summed E-state index contributed by atoms with van der Waals surface area (Å²) in [4.78, 5) is 17.1. The van der Waals surface area contributed by atoms with Crippen LogP contribution in [0.3, 0.4) is 0 Å². The molecule has 0 spiro atoms. The van der Waals surface area contributed by atoms with Gasteiger partial charge in [0.15, 0.2) is 5.65 Å². The van der Waals surface area contributed by atoms with Gasteiger partial charge in [-0.1, -0.05) is 36.4 Å². The van der Waals surface area contributed by atoms with Crippen molar-refractivity contribution in [1.82, 2.24) is 14.6 Å². The lowest BCUT2D eigenvalue weighted by atomic mass is 10.1. The zero-order valence-corrected chi connectivity index (χ0v) is 13.4. The number of hydrogen-bond acceptors (Lipinski definition) is 3. The Hall–Kier alpha value is -2.87. The van der Waals surface area contributed by atoms with Crippen molar-refractivity contribution in [3.8, 4) is 21.7 Å². The first kappa shape index (κ1) is 15.6. The molecular formula is C17H10F3N3OS. The molecule has 126 valence electrons.